The smallest absolute Gasteiger partial charge is 0.247 e. The van der Waals surface area contributed by atoms with Crippen LogP contribution in [0, 0.1) is 6.92 Å². The summed E-state index contributed by atoms with van der Waals surface area (Å²) in [5.41, 5.74) is 2.04. The fraction of sp³-hybridized carbons (Fsp3) is 0.429. The molecule has 2 aromatic rings. The Morgan fingerprint density at radius 2 is 2.00 bits per heavy atom. The van der Waals surface area contributed by atoms with Gasteiger partial charge in [-0.05, 0) is 31.0 Å². The Kier molecular flexibility index (Phi) is 3.11. The van der Waals surface area contributed by atoms with E-state index in [9.17, 15) is 0 Å². The molecule has 0 N–H and O–H groups in total. The lowest BCUT2D eigenvalue weighted by Crippen LogP contribution is -2.18. The minimum Gasteiger partial charge on any atom is -0.495 e. The third-order valence-corrected chi connectivity index (χ3v) is 3.40. The molecule has 5 heteroatoms. The van der Waals surface area contributed by atoms with E-state index in [1.165, 1.54) is 12.8 Å². The van der Waals surface area contributed by atoms with Gasteiger partial charge in [0, 0.05) is 25.6 Å². The van der Waals surface area contributed by atoms with E-state index in [0.29, 0.717) is 11.8 Å². The van der Waals surface area contributed by atoms with Gasteiger partial charge in [0.1, 0.15) is 5.75 Å². The van der Waals surface area contributed by atoms with Gasteiger partial charge in [0.15, 0.2) is 0 Å². The van der Waals surface area contributed by atoms with Crippen molar-refractivity contribution in [1.82, 2.24) is 10.2 Å². The van der Waals surface area contributed by atoms with Gasteiger partial charge < -0.3 is 14.1 Å². The summed E-state index contributed by atoms with van der Waals surface area (Å²) in [6, 6.07) is 5.98. The Morgan fingerprint density at radius 3 is 2.63 bits per heavy atom. The fourth-order valence-corrected chi connectivity index (χ4v) is 2.44. The molecule has 19 heavy (non-hydrogen) atoms. The maximum atomic E-state index is 5.48. The molecular formula is C14H17N3O2. The van der Waals surface area contributed by atoms with Crippen LogP contribution in [0.25, 0.3) is 11.5 Å². The number of hydrogen-bond acceptors (Lipinski definition) is 5. The van der Waals surface area contributed by atoms with Gasteiger partial charge in [-0.2, -0.15) is 0 Å². The van der Waals surface area contributed by atoms with Crippen LogP contribution >= 0.6 is 0 Å². The van der Waals surface area contributed by atoms with Crippen LogP contribution in [0.1, 0.15) is 18.7 Å². The van der Waals surface area contributed by atoms with Gasteiger partial charge in [-0.25, -0.2) is 0 Å². The van der Waals surface area contributed by atoms with Crippen LogP contribution < -0.4 is 9.64 Å². The van der Waals surface area contributed by atoms with E-state index in [2.05, 4.69) is 21.2 Å². The first-order valence-electron chi connectivity index (χ1n) is 6.51. The second kappa shape index (κ2) is 4.91. The van der Waals surface area contributed by atoms with Crippen LogP contribution in [0.3, 0.4) is 0 Å². The summed E-state index contributed by atoms with van der Waals surface area (Å²) in [5.74, 6) is 2.02. The molecule has 1 saturated heterocycles. The first-order chi connectivity index (χ1) is 9.28. The summed E-state index contributed by atoms with van der Waals surface area (Å²) >= 11 is 0. The number of benzene rings is 1. The SMILES string of the molecule is COc1ccc(-c2nnc(C)o2)cc1N1CCCC1. The molecule has 3 rings (SSSR count). The van der Waals surface area contributed by atoms with E-state index < -0.39 is 0 Å². The number of aromatic nitrogens is 2. The Labute approximate surface area is 112 Å². The topological polar surface area (TPSA) is 51.4 Å². The standard InChI is InChI=1S/C14H17N3O2/c1-10-15-16-14(19-10)11-5-6-13(18-2)12(9-11)17-7-3-4-8-17/h5-6,9H,3-4,7-8H2,1-2H3. The van der Waals surface area contributed by atoms with Crippen molar-refractivity contribution >= 4 is 5.69 Å². The average molecular weight is 259 g/mol. The quantitative estimate of drug-likeness (QED) is 0.848. The summed E-state index contributed by atoms with van der Waals surface area (Å²) in [4.78, 5) is 2.34. The number of ether oxygens (including phenoxy) is 1. The minimum atomic E-state index is 0.556. The van der Waals surface area contributed by atoms with Crippen LogP contribution in [0.2, 0.25) is 0 Å². The molecule has 1 aromatic carbocycles. The Bertz CT molecular complexity index is 574. The van der Waals surface area contributed by atoms with Gasteiger partial charge in [-0.1, -0.05) is 0 Å². The van der Waals surface area contributed by atoms with Gasteiger partial charge >= 0.3 is 0 Å². The van der Waals surface area contributed by atoms with Crippen LogP contribution in [0.4, 0.5) is 5.69 Å². The van der Waals surface area contributed by atoms with Gasteiger partial charge in [0.2, 0.25) is 11.8 Å². The highest BCUT2D eigenvalue weighted by Crippen LogP contribution is 2.34. The number of nitrogens with zero attached hydrogens (tertiary/aromatic N) is 3. The zero-order chi connectivity index (χ0) is 13.2. The molecular weight excluding hydrogens is 242 g/mol. The number of hydrogen-bond donors (Lipinski definition) is 0. The average Bonchev–Trinajstić information content (AvgIpc) is 3.09. The zero-order valence-corrected chi connectivity index (χ0v) is 11.2. The molecule has 5 nitrogen and oxygen atoms in total. The summed E-state index contributed by atoms with van der Waals surface area (Å²) in [6.07, 6.45) is 2.46. The van der Waals surface area contributed by atoms with E-state index in [1.54, 1.807) is 14.0 Å². The fourth-order valence-electron chi connectivity index (χ4n) is 2.44. The van der Waals surface area contributed by atoms with Crippen molar-refractivity contribution in [3.05, 3.63) is 24.1 Å². The van der Waals surface area contributed by atoms with E-state index in [1.807, 2.05) is 12.1 Å². The molecule has 100 valence electrons. The second-order valence-corrected chi connectivity index (χ2v) is 4.71. The van der Waals surface area contributed by atoms with Gasteiger partial charge in [-0.15, -0.1) is 10.2 Å². The van der Waals surface area contributed by atoms with Crippen LogP contribution in [-0.4, -0.2) is 30.4 Å². The highest BCUT2D eigenvalue weighted by molar-refractivity contribution is 5.68. The first kappa shape index (κ1) is 12.0. The maximum absolute atomic E-state index is 5.48. The Hall–Kier alpha value is -2.04. The van der Waals surface area contributed by atoms with Crippen molar-refractivity contribution in [1.29, 1.82) is 0 Å². The molecule has 0 saturated carbocycles. The summed E-state index contributed by atoms with van der Waals surface area (Å²) in [7, 11) is 1.70. The molecule has 0 bridgehead atoms. The normalized spacial score (nSPS) is 14.9. The van der Waals surface area contributed by atoms with Crippen molar-refractivity contribution in [3.8, 4) is 17.2 Å². The Balaban J connectivity index is 2.01. The minimum absolute atomic E-state index is 0.556. The molecule has 2 heterocycles. The molecule has 1 aliphatic rings. The molecule has 1 aliphatic heterocycles. The van der Waals surface area contributed by atoms with Crippen LogP contribution in [-0.2, 0) is 0 Å². The molecule has 1 aromatic heterocycles. The third kappa shape index (κ3) is 2.28. The predicted molar refractivity (Wildman–Crippen MR) is 72.5 cm³/mol. The molecule has 0 radical (unpaired) electrons. The van der Waals surface area contributed by atoms with Crippen LogP contribution in [0.15, 0.2) is 22.6 Å². The summed E-state index contributed by atoms with van der Waals surface area (Å²) in [5, 5.41) is 7.93. The summed E-state index contributed by atoms with van der Waals surface area (Å²) in [6.45, 7) is 3.94. The number of methoxy groups -OCH3 is 1. The predicted octanol–water partition coefficient (Wildman–Crippen LogP) is 2.65. The van der Waals surface area contributed by atoms with Gasteiger partial charge in [0.05, 0.1) is 12.8 Å². The highest BCUT2D eigenvalue weighted by Gasteiger charge is 2.18. The van der Waals surface area contributed by atoms with E-state index in [4.69, 9.17) is 9.15 Å². The van der Waals surface area contributed by atoms with Crippen molar-refractivity contribution < 1.29 is 9.15 Å². The maximum Gasteiger partial charge on any atom is 0.247 e. The lowest BCUT2D eigenvalue weighted by atomic mass is 10.1. The molecule has 0 unspecified atom stereocenters. The van der Waals surface area contributed by atoms with Gasteiger partial charge in [-0.3, -0.25) is 0 Å². The zero-order valence-electron chi connectivity index (χ0n) is 11.2. The largest absolute Gasteiger partial charge is 0.495 e. The van der Waals surface area contributed by atoms with Crippen LogP contribution in [0.5, 0.6) is 5.75 Å². The van der Waals surface area contributed by atoms with E-state index in [-0.39, 0.29) is 0 Å². The molecule has 0 atom stereocenters. The second-order valence-electron chi connectivity index (χ2n) is 4.71. The lowest BCUT2D eigenvalue weighted by molar-refractivity contribution is 0.415. The number of aryl methyl sites for hydroxylation is 1. The lowest BCUT2D eigenvalue weighted by Gasteiger charge is -2.20. The molecule has 0 aliphatic carbocycles. The van der Waals surface area contributed by atoms with Crippen molar-refractivity contribution in [3.63, 3.8) is 0 Å². The summed E-state index contributed by atoms with van der Waals surface area (Å²) < 4.78 is 10.9. The van der Waals surface area contributed by atoms with E-state index >= 15 is 0 Å². The monoisotopic (exact) mass is 259 g/mol. The molecule has 0 amide bonds. The Morgan fingerprint density at radius 1 is 1.21 bits per heavy atom. The van der Waals surface area contributed by atoms with Crippen molar-refractivity contribution in [2.24, 2.45) is 0 Å². The van der Waals surface area contributed by atoms with E-state index in [0.717, 1.165) is 30.1 Å². The highest BCUT2D eigenvalue weighted by atomic mass is 16.5. The third-order valence-electron chi connectivity index (χ3n) is 3.40. The number of anilines is 1. The molecule has 1 fully saturated rings. The van der Waals surface area contributed by atoms with Crippen molar-refractivity contribution in [2.45, 2.75) is 19.8 Å². The van der Waals surface area contributed by atoms with Crippen molar-refractivity contribution in [2.75, 3.05) is 25.1 Å². The number of rotatable bonds is 3. The first-order valence-corrected chi connectivity index (χ1v) is 6.51. The molecule has 0 spiro atoms. The van der Waals surface area contributed by atoms with Gasteiger partial charge in [0.25, 0.3) is 0 Å².